The van der Waals surface area contributed by atoms with Crippen LogP contribution < -0.4 is 4.74 Å². The lowest BCUT2D eigenvalue weighted by molar-refractivity contribution is 0.238. The summed E-state index contributed by atoms with van der Waals surface area (Å²) in [5.41, 5.74) is 1.36. The molecule has 0 amide bonds. The smallest absolute Gasteiger partial charge is 0.140 e. The summed E-state index contributed by atoms with van der Waals surface area (Å²) in [6.07, 6.45) is -0.879. The van der Waals surface area contributed by atoms with E-state index in [9.17, 15) is 9.50 Å². The van der Waals surface area contributed by atoms with Crippen LogP contribution in [0.25, 0.3) is 0 Å². The van der Waals surface area contributed by atoms with Crippen molar-refractivity contribution >= 4 is 0 Å². The van der Waals surface area contributed by atoms with Gasteiger partial charge in [-0.1, -0.05) is 24.0 Å². The van der Waals surface area contributed by atoms with Crippen LogP contribution in [-0.2, 0) is 0 Å². The predicted octanol–water partition coefficient (Wildman–Crippen LogP) is 3.31. The number of halogens is 1. The van der Waals surface area contributed by atoms with Crippen molar-refractivity contribution in [2.75, 3.05) is 6.61 Å². The topological polar surface area (TPSA) is 29.5 Å². The molecule has 0 spiro atoms. The lowest BCUT2D eigenvalue weighted by atomic mass is 10.1. The number of aliphatic hydroxyl groups is 1. The van der Waals surface area contributed by atoms with Crippen molar-refractivity contribution in [2.45, 2.75) is 13.0 Å². The largest absolute Gasteiger partial charge is 0.494 e. The summed E-state index contributed by atoms with van der Waals surface area (Å²) in [4.78, 5) is 0. The van der Waals surface area contributed by atoms with Gasteiger partial charge in [0.1, 0.15) is 17.7 Å². The first-order valence-corrected chi connectivity index (χ1v) is 6.37. The second kappa shape index (κ2) is 6.74. The normalized spacial score (nSPS) is 11.3. The van der Waals surface area contributed by atoms with E-state index in [-0.39, 0.29) is 5.82 Å². The van der Waals surface area contributed by atoms with Gasteiger partial charge in [-0.25, -0.2) is 4.39 Å². The molecule has 1 atom stereocenters. The first kappa shape index (κ1) is 14.1. The SMILES string of the molecule is CCOc1ccc([C@H](O)C#Cc2ccc(F)cc2)cc1. The van der Waals surface area contributed by atoms with Crippen LogP contribution >= 0.6 is 0 Å². The fourth-order valence-electron chi connectivity index (χ4n) is 1.68. The molecule has 2 nitrogen and oxygen atoms in total. The molecule has 0 fully saturated rings. The summed E-state index contributed by atoms with van der Waals surface area (Å²) >= 11 is 0. The van der Waals surface area contributed by atoms with Crippen LogP contribution in [0.4, 0.5) is 4.39 Å². The number of aliphatic hydroxyl groups excluding tert-OH is 1. The maximum absolute atomic E-state index is 12.7. The predicted molar refractivity (Wildman–Crippen MR) is 75.8 cm³/mol. The molecule has 0 aliphatic heterocycles. The molecule has 0 unspecified atom stereocenters. The van der Waals surface area contributed by atoms with E-state index in [1.54, 1.807) is 36.4 Å². The van der Waals surface area contributed by atoms with Crippen molar-refractivity contribution in [3.8, 4) is 17.6 Å². The maximum Gasteiger partial charge on any atom is 0.140 e. The summed E-state index contributed by atoms with van der Waals surface area (Å²) in [6.45, 7) is 2.52. The Bertz CT molecular complexity index is 606. The van der Waals surface area contributed by atoms with Crippen LogP contribution in [0.15, 0.2) is 48.5 Å². The second-order valence-corrected chi connectivity index (χ2v) is 4.18. The van der Waals surface area contributed by atoms with Crippen LogP contribution in [-0.4, -0.2) is 11.7 Å². The third-order valence-corrected chi connectivity index (χ3v) is 2.70. The first-order valence-electron chi connectivity index (χ1n) is 6.37. The van der Waals surface area contributed by atoms with Crippen molar-refractivity contribution in [1.82, 2.24) is 0 Å². The minimum Gasteiger partial charge on any atom is -0.494 e. The Morgan fingerprint density at radius 3 is 2.35 bits per heavy atom. The number of rotatable bonds is 3. The van der Waals surface area contributed by atoms with Crippen LogP contribution in [0.3, 0.4) is 0 Å². The molecular formula is C17H15FO2. The molecule has 0 aliphatic carbocycles. The molecule has 2 aromatic rings. The van der Waals surface area contributed by atoms with Gasteiger partial charge in [0.25, 0.3) is 0 Å². The molecule has 0 heterocycles. The number of benzene rings is 2. The van der Waals surface area contributed by atoms with E-state index >= 15 is 0 Å². The highest BCUT2D eigenvalue weighted by Crippen LogP contribution is 2.17. The summed E-state index contributed by atoms with van der Waals surface area (Å²) in [5, 5.41) is 9.97. The Kier molecular flexibility index (Phi) is 4.75. The van der Waals surface area contributed by atoms with Crippen molar-refractivity contribution in [1.29, 1.82) is 0 Å². The van der Waals surface area contributed by atoms with Crippen LogP contribution in [0.1, 0.15) is 24.2 Å². The van der Waals surface area contributed by atoms with E-state index in [0.717, 1.165) is 5.75 Å². The molecule has 0 aromatic heterocycles. The van der Waals surface area contributed by atoms with E-state index < -0.39 is 6.10 Å². The second-order valence-electron chi connectivity index (χ2n) is 4.18. The minimum absolute atomic E-state index is 0.303. The number of hydrogen-bond acceptors (Lipinski definition) is 2. The van der Waals surface area contributed by atoms with Crippen molar-refractivity contribution in [3.63, 3.8) is 0 Å². The quantitative estimate of drug-likeness (QED) is 0.867. The zero-order valence-electron chi connectivity index (χ0n) is 11.1. The molecule has 0 bridgehead atoms. The Morgan fingerprint density at radius 1 is 1.10 bits per heavy atom. The Hall–Kier alpha value is -2.31. The Labute approximate surface area is 117 Å². The summed E-state index contributed by atoms with van der Waals surface area (Å²) in [6, 6.07) is 13.0. The fraction of sp³-hybridized carbons (Fsp3) is 0.176. The first-order chi connectivity index (χ1) is 9.69. The molecule has 1 N–H and O–H groups in total. The molecule has 20 heavy (non-hydrogen) atoms. The van der Waals surface area contributed by atoms with Gasteiger partial charge in [0.15, 0.2) is 0 Å². The van der Waals surface area contributed by atoms with Crippen LogP contribution in [0, 0.1) is 17.7 Å². The van der Waals surface area contributed by atoms with Crippen molar-refractivity contribution < 1.29 is 14.2 Å². The molecule has 0 aliphatic rings. The van der Waals surface area contributed by atoms with Gasteiger partial charge >= 0.3 is 0 Å². The van der Waals surface area contributed by atoms with Gasteiger partial charge in [-0.3, -0.25) is 0 Å². The van der Waals surface area contributed by atoms with E-state index in [2.05, 4.69) is 11.8 Å². The molecule has 2 rings (SSSR count). The fourth-order valence-corrected chi connectivity index (χ4v) is 1.68. The number of ether oxygens (including phenoxy) is 1. The van der Waals surface area contributed by atoms with Gasteiger partial charge in [-0.2, -0.15) is 0 Å². The highest BCUT2D eigenvalue weighted by atomic mass is 19.1. The maximum atomic E-state index is 12.7. The molecule has 0 saturated heterocycles. The average Bonchev–Trinajstić information content (AvgIpc) is 2.47. The van der Waals surface area contributed by atoms with E-state index in [1.807, 2.05) is 6.92 Å². The lowest BCUT2D eigenvalue weighted by Gasteiger charge is -2.06. The summed E-state index contributed by atoms with van der Waals surface area (Å²) < 4.78 is 18.1. The van der Waals surface area contributed by atoms with Crippen LogP contribution in [0.2, 0.25) is 0 Å². The van der Waals surface area contributed by atoms with Crippen molar-refractivity contribution in [3.05, 3.63) is 65.5 Å². The molecule has 102 valence electrons. The lowest BCUT2D eigenvalue weighted by Crippen LogP contribution is -1.95. The van der Waals surface area contributed by atoms with Gasteiger partial charge in [0.2, 0.25) is 0 Å². The third kappa shape index (κ3) is 3.84. The monoisotopic (exact) mass is 270 g/mol. The molecular weight excluding hydrogens is 255 g/mol. The van der Waals surface area contributed by atoms with E-state index in [1.165, 1.54) is 12.1 Å². The average molecular weight is 270 g/mol. The minimum atomic E-state index is -0.879. The van der Waals surface area contributed by atoms with Gasteiger partial charge in [-0.05, 0) is 48.9 Å². The van der Waals surface area contributed by atoms with Gasteiger partial charge in [0.05, 0.1) is 6.61 Å². The molecule has 0 radical (unpaired) electrons. The summed E-state index contributed by atoms with van der Waals surface area (Å²) in [5.74, 6) is 6.00. The number of hydrogen-bond donors (Lipinski definition) is 1. The standard InChI is InChI=1S/C17H15FO2/c1-2-20-16-10-6-14(7-11-16)17(19)12-5-13-3-8-15(18)9-4-13/h3-4,6-11,17,19H,2H2,1H3/t17-/m1/s1. The Morgan fingerprint density at radius 2 is 1.75 bits per heavy atom. The van der Waals surface area contributed by atoms with E-state index in [0.29, 0.717) is 17.7 Å². The van der Waals surface area contributed by atoms with Gasteiger partial charge < -0.3 is 9.84 Å². The highest BCUT2D eigenvalue weighted by Gasteiger charge is 2.03. The van der Waals surface area contributed by atoms with Gasteiger partial charge in [0, 0.05) is 5.56 Å². The zero-order valence-corrected chi connectivity index (χ0v) is 11.1. The zero-order chi connectivity index (χ0) is 14.4. The summed E-state index contributed by atoms with van der Waals surface area (Å²) in [7, 11) is 0. The molecule has 3 heteroatoms. The van der Waals surface area contributed by atoms with E-state index in [4.69, 9.17) is 4.74 Å². The molecule has 0 saturated carbocycles. The van der Waals surface area contributed by atoms with Crippen molar-refractivity contribution in [2.24, 2.45) is 0 Å². The molecule has 2 aromatic carbocycles. The third-order valence-electron chi connectivity index (χ3n) is 2.70. The van der Waals surface area contributed by atoms with Gasteiger partial charge in [-0.15, -0.1) is 0 Å². The highest BCUT2D eigenvalue weighted by molar-refractivity contribution is 5.38. The Balaban J connectivity index is 2.08. The van der Waals surface area contributed by atoms with Crippen LogP contribution in [0.5, 0.6) is 5.75 Å².